The maximum absolute atomic E-state index is 12.5. The lowest BCUT2D eigenvalue weighted by Gasteiger charge is -2.20. The summed E-state index contributed by atoms with van der Waals surface area (Å²) in [6, 6.07) is 3.04. The number of halogens is 1. The van der Waals surface area contributed by atoms with Crippen molar-refractivity contribution in [2.45, 2.75) is 32.1 Å². The first-order valence-corrected chi connectivity index (χ1v) is 8.96. The van der Waals surface area contributed by atoms with Crippen molar-refractivity contribution in [2.24, 2.45) is 11.1 Å². The minimum Gasteiger partial charge on any atom is -0.342 e. The lowest BCUT2D eigenvalue weighted by Crippen LogP contribution is -2.29. The summed E-state index contributed by atoms with van der Waals surface area (Å²) in [6.45, 7) is 6.38. The summed E-state index contributed by atoms with van der Waals surface area (Å²) in [7, 11) is -2.15. The van der Waals surface area contributed by atoms with Crippen LogP contribution in [0.4, 0.5) is 0 Å². The second-order valence-corrected chi connectivity index (χ2v) is 7.98. The number of sulfonamides is 1. The normalized spacial score (nSPS) is 11.8. The van der Waals surface area contributed by atoms with Crippen LogP contribution in [0.15, 0.2) is 21.5 Å². The second-order valence-electron chi connectivity index (χ2n) is 5.53. The fraction of sp³-hybridized carbons (Fsp3) is 0.500. The van der Waals surface area contributed by atoms with Crippen LogP contribution in [0.25, 0.3) is 0 Å². The molecule has 0 bridgehead atoms. The van der Waals surface area contributed by atoms with Gasteiger partial charge in [0.25, 0.3) is 5.91 Å². The van der Waals surface area contributed by atoms with E-state index in [0.717, 1.165) is 6.42 Å². The summed E-state index contributed by atoms with van der Waals surface area (Å²) in [6.07, 6.45) is 0.886. The summed E-state index contributed by atoms with van der Waals surface area (Å²) < 4.78 is 23.7. The van der Waals surface area contributed by atoms with E-state index in [1.165, 1.54) is 6.07 Å². The predicted molar refractivity (Wildman–Crippen MR) is 86.7 cm³/mol. The lowest BCUT2D eigenvalue weighted by molar-refractivity contribution is 0.0788. The monoisotopic (exact) mass is 376 g/mol. The first-order chi connectivity index (χ1) is 9.54. The van der Waals surface area contributed by atoms with Crippen molar-refractivity contribution in [3.8, 4) is 0 Å². The highest BCUT2D eigenvalue weighted by atomic mass is 79.9. The zero-order chi connectivity index (χ0) is 16.4. The zero-order valence-electron chi connectivity index (χ0n) is 12.7. The number of amides is 1. The molecule has 1 amide bonds. The number of rotatable bonds is 5. The minimum absolute atomic E-state index is 0.0301. The Hall–Kier alpha value is -0.920. The number of benzene rings is 1. The molecule has 0 aliphatic heterocycles. The molecule has 5 nitrogen and oxygen atoms in total. The van der Waals surface area contributed by atoms with Crippen LogP contribution in [0.1, 0.15) is 36.2 Å². The number of carbonyl (C=O) groups excluding carboxylic acids is 1. The SMILES string of the molecule is Cc1c(C(=O)N(C)CCC(C)C)cc(Br)cc1S(N)(=O)=O. The Balaban J connectivity index is 3.19. The number of nitrogens with two attached hydrogens (primary N) is 1. The van der Waals surface area contributed by atoms with Crippen LogP contribution in [0.3, 0.4) is 0 Å². The molecule has 0 aromatic heterocycles. The van der Waals surface area contributed by atoms with E-state index in [2.05, 4.69) is 29.8 Å². The number of hydrogen-bond acceptors (Lipinski definition) is 3. The van der Waals surface area contributed by atoms with Crippen molar-refractivity contribution in [1.29, 1.82) is 0 Å². The van der Waals surface area contributed by atoms with Gasteiger partial charge in [0.15, 0.2) is 0 Å². The molecule has 0 aliphatic rings. The van der Waals surface area contributed by atoms with Crippen LogP contribution in [0.2, 0.25) is 0 Å². The third kappa shape index (κ3) is 4.79. The van der Waals surface area contributed by atoms with Crippen LogP contribution >= 0.6 is 15.9 Å². The highest BCUT2D eigenvalue weighted by Crippen LogP contribution is 2.25. The summed E-state index contributed by atoms with van der Waals surface area (Å²) in [5.41, 5.74) is 0.724. The zero-order valence-corrected chi connectivity index (χ0v) is 15.1. The Morgan fingerprint density at radius 3 is 2.43 bits per heavy atom. The van der Waals surface area contributed by atoms with Gasteiger partial charge in [-0.25, -0.2) is 13.6 Å². The first kappa shape index (κ1) is 18.1. The average molecular weight is 377 g/mol. The summed E-state index contributed by atoms with van der Waals surface area (Å²) in [5, 5.41) is 5.20. The van der Waals surface area contributed by atoms with E-state index < -0.39 is 10.0 Å². The van der Waals surface area contributed by atoms with Crippen molar-refractivity contribution in [3.63, 3.8) is 0 Å². The summed E-state index contributed by atoms with van der Waals surface area (Å²) >= 11 is 3.23. The molecule has 0 saturated carbocycles. The maximum atomic E-state index is 12.5. The molecule has 1 aromatic rings. The van der Waals surface area contributed by atoms with Gasteiger partial charge in [-0.05, 0) is 37.0 Å². The second kappa shape index (κ2) is 6.89. The Kier molecular flexibility index (Phi) is 5.95. The van der Waals surface area contributed by atoms with Gasteiger partial charge < -0.3 is 4.90 Å². The Labute approximate surface area is 134 Å². The fourth-order valence-corrected chi connectivity index (χ4v) is 3.37. The molecule has 0 aliphatic carbocycles. The first-order valence-electron chi connectivity index (χ1n) is 6.62. The Bertz CT molecular complexity index is 642. The number of carbonyl (C=O) groups is 1. The third-order valence-electron chi connectivity index (χ3n) is 3.25. The molecule has 7 heteroatoms. The van der Waals surface area contributed by atoms with Crippen LogP contribution < -0.4 is 5.14 Å². The molecule has 2 N–H and O–H groups in total. The van der Waals surface area contributed by atoms with Crippen LogP contribution in [-0.2, 0) is 10.0 Å². The molecule has 1 aromatic carbocycles. The van der Waals surface area contributed by atoms with E-state index in [-0.39, 0.29) is 10.8 Å². The lowest BCUT2D eigenvalue weighted by atomic mass is 10.1. The molecule has 0 unspecified atom stereocenters. The summed E-state index contributed by atoms with van der Waals surface area (Å²) in [5.74, 6) is 0.281. The smallest absolute Gasteiger partial charge is 0.253 e. The topological polar surface area (TPSA) is 80.5 Å². The molecule has 0 saturated heterocycles. The number of hydrogen-bond donors (Lipinski definition) is 1. The average Bonchev–Trinajstić information content (AvgIpc) is 2.36. The van der Waals surface area contributed by atoms with E-state index >= 15 is 0 Å². The molecule has 118 valence electrons. The van der Waals surface area contributed by atoms with Crippen molar-refractivity contribution in [1.82, 2.24) is 4.90 Å². The highest BCUT2D eigenvalue weighted by Gasteiger charge is 2.21. The number of nitrogens with zero attached hydrogens (tertiary/aromatic N) is 1. The molecular formula is C14H21BrN2O3S. The van der Waals surface area contributed by atoms with Gasteiger partial charge in [-0.3, -0.25) is 4.79 Å². The third-order valence-corrected chi connectivity index (χ3v) is 4.75. The molecule has 21 heavy (non-hydrogen) atoms. The van der Waals surface area contributed by atoms with Gasteiger partial charge in [-0.2, -0.15) is 0 Å². The van der Waals surface area contributed by atoms with E-state index in [1.54, 1.807) is 24.9 Å². The molecule has 0 radical (unpaired) electrons. The van der Waals surface area contributed by atoms with E-state index in [1.807, 2.05) is 0 Å². The van der Waals surface area contributed by atoms with E-state index in [0.29, 0.717) is 28.1 Å². The highest BCUT2D eigenvalue weighted by molar-refractivity contribution is 9.10. The van der Waals surface area contributed by atoms with Gasteiger partial charge in [0.05, 0.1) is 4.90 Å². The number of primary sulfonamides is 1. The van der Waals surface area contributed by atoms with Gasteiger partial charge in [-0.15, -0.1) is 0 Å². The van der Waals surface area contributed by atoms with E-state index in [9.17, 15) is 13.2 Å². The molecule has 0 fully saturated rings. The van der Waals surface area contributed by atoms with Crippen molar-refractivity contribution < 1.29 is 13.2 Å². The van der Waals surface area contributed by atoms with Crippen molar-refractivity contribution in [2.75, 3.05) is 13.6 Å². The largest absolute Gasteiger partial charge is 0.342 e. The standard InChI is InChI=1S/C14H21BrN2O3S/c1-9(2)5-6-17(4)14(18)12-7-11(15)8-13(10(12)3)21(16,19)20/h7-9H,5-6H2,1-4H3,(H2,16,19,20). The quantitative estimate of drug-likeness (QED) is 0.856. The van der Waals surface area contributed by atoms with E-state index in [4.69, 9.17) is 5.14 Å². The van der Waals surface area contributed by atoms with Gasteiger partial charge in [0.2, 0.25) is 10.0 Å². The van der Waals surface area contributed by atoms with Gasteiger partial charge in [0, 0.05) is 23.6 Å². The van der Waals surface area contributed by atoms with Gasteiger partial charge >= 0.3 is 0 Å². The molecule has 0 heterocycles. The Morgan fingerprint density at radius 1 is 1.38 bits per heavy atom. The molecular weight excluding hydrogens is 356 g/mol. The molecule has 0 atom stereocenters. The maximum Gasteiger partial charge on any atom is 0.253 e. The molecule has 1 rings (SSSR count). The van der Waals surface area contributed by atoms with Gasteiger partial charge in [-0.1, -0.05) is 29.8 Å². The molecule has 0 spiro atoms. The Morgan fingerprint density at radius 2 is 1.95 bits per heavy atom. The summed E-state index contributed by atoms with van der Waals surface area (Å²) in [4.78, 5) is 14.0. The van der Waals surface area contributed by atoms with Crippen molar-refractivity contribution in [3.05, 3.63) is 27.7 Å². The minimum atomic E-state index is -3.86. The van der Waals surface area contributed by atoms with Crippen LogP contribution in [0.5, 0.6) is 0 Å². The van der Waals surface area contributed by atoms with Crippen LogP contribution in [0, 0.1) is 12.8 Å². The van der Waals surface area contributed by atoms with Crippen LogP contribution in [-0.4, -0.2) is 32.8 Å². The van der Waals surface area contributed by atoms with Gasteiger partial charge in [0.1, 0.15) is 0 Å². The predicted octanol–water partition coefficient (Wildman–Crippen LogP) is 2.52. The fourth-order valence-electron chi connectivity index (χ4n) is 1.93. The van der Waals surface area contributed by atoms with Crippen molar-refractivity contribution >= 4 is 31.9 Å².